The molecule has 1 aliphatic rings. The number of methoxy groups -OCH3 is 1. The summed E-state index contributed by atoms with van der Waals surface area (Å²) >= 11 is 0. The van der Waals surface area contributed by atoms with E-state index in [0.29, 0.717) is 11.7 Å². The van der Waals surface area contributed by atoms with Gasteiger partial charge >= 0.3 is 5.97 Å². The lowest BCUT2D eigenvalue weighted by atomic mass is 9.91. The maximum Gasteiger partial charge on any atom is 0.318 e. The van der Waals surface area contributed by atoms with Crippen LogP contribution in [0.2, 0.25) is 0 Å². The van der Waals surface area contributed by atoms with Crippen molar-refractivity contribution in [1.29, 1.82) is 0 Å². The molecule has 112 valence electrons. The Morgan fingerprint density at radius 3 is 2.86 bits per heavy atom. The maximum atomic E-state index is 12.1. The summed E-state index contributed by atoms with van der Waals surface area (Å²) in [6, 6.07) is 0. The van der Waals surface area contributed by atoms with E-state index in [2.05, 4.69) is 15.1 Å². The zero-order chi connectivity index (χ0) is 14.8. The Labute approximate surface area is 122 Å². The molecule has 1 unspecified atom stereocenters. The lowest BCUT2D eigenvalue weighted by molar-refractivity contribution is -0.144. The predicted molar refractivity (Wildman–Crippen MR) is 73.2 cm³/mol. The molecule has 0 amide bonds. The van der Waals surface area contributed by atoms with E-state index in [1.165, 1.54) is 7.11 Å². The van der Waals surface area contributed by atoms with Crippen molar-refractivity contribution in [3.8, 4) is 11.5 Å². The molecule has 1 aliphatic carbocycles. The number of carbonyl (C=O) groups is 1. The second kappa shape index (κ2) is 5.67. The average molecular weight is 290 g/mol. The van der Waals surface area contributed by atoms with Gasteiger partial charge in [-0.25, -0.2) is 4.98 Å². The van der Waals surface area contributed by atoms with Crippen molar-refractivity contribution in [2.75, 3.05) is 7.11 Å². The van der Waals surface area contributed by atoms with E-state index < -0.39 is 5.92 Å². The van der Waals surface area contributed by atoms with E-state index in [9.17, 15) is 4.79 Å². The topological polar surface area (TPSA) is 83.0 Å². The summed E-state index contributed by atoms with van der Waals surface area (Å²) in [5, 5.41) is 3.97. The molecular formula is C14H18N4O3. The highest BCUT2D eigenvalue weighted by atomic mass is 16.5. The number of ether oxygens (including phenoxy) is 1. The van der Waals surface area contributed by atoms with Crippen LogP contribution in [0.4, 0.5) is 0 Å². The highest BCUT2D eigenvalue weighted by Gasteiger charge is 2.37. The number of aromatic nitrogens is 4. The van der Waals surface area contributed by atoms with Crippen LogP contribution in [0.5, 0.6) is 0 Å². The summed E-state index contributed by atoms with van der Waals surface area (Å²) < 4.78 is 12.1. The van der Waals surface area contributed by atoms with E-state index in [1.54, 1.807) is 17.1 Å². The van der Waals surface area contributed by atoms with Gasteiger partial charge in [0.2, 0.25) is 11.7 Å². The third kappa shape index (κ3) is 2.55. The number of hydrogen-bond donors (Lipinski definition) is 0. The minimum Gasteiger partial charge on any atom is -0.468 e. The second-order valence-corrected chi connectivity index (χ2v) is 5.39. The fourth-order valence-corrected chi connectivity index (χ4v) is 2.95. The van der Waals surface area contributed by atoms with Crippen LogP contribution in [0.1, 0.15) is 37.5 Å². The van der Waals surface area contributed by atoms with Crippen LogP contribution in [0.15, 0.2) is 17.0 Å². The van der Waals surface area contributed by atoms with Crippen LogP contribution >= 0.6 is 0 Å². The molecule has 0 radical (unpaired) electrons. The lowest BCUT2D eigenvalue weighted by Gasteiger charge is -2.16. The minimum absolute atomic E-state index is 0.220. The summed E-state index contributed by atoms with van der Waals surface area (Å²) in [5.41, 5.74) is 0.750. The van der Waals surface area contributed by atoms with Crippen molar-refractivity contribution >= 4 is 5.97 Å². The third-order valence-corrected chi connectivity index (χ3v) is 4.08. The molecule has 2 heterocycles. The van der Waals surface area contributed by atoms with Gasteiger partial charge in [-0.1, -0.05) is 18.0 Å². The van der Waals surface area contributed by atoms with Gasteiger partial charge in [0, 0.05) is 7.05 Å². The van der Waals surface area contributed by atoms with E-state index in [-0.39, 0.29) is 11.9 Å². The standard InChI is InChI=1S/C14H18N4O3/c1-18-8-15-7-10(18)12-16-13(21-17-12)11(14(19)20-2)9-5-3-4-6-9/h7-9,11H,3-6H2,1-2H3. The van der Waals surface area contributed by atoms with Crippen LogP contribution in [0, 0.1) is 5.92 Å². The summed E-state index contributed by atoms with van der Waals surface area (Å²) in [6.07, 6.45) is 7.56. The highest BCUT2D eigenvalue weighted by molar-refractivity contribution is 5.77. The number of aryl methyl sites for hydroxylation is 1. The van der Waals surface area contributed by atoms with Gasteiger partial charge in [-0.15, -0.1) is 0 Å². The van der Waals surface area contributed by atoms with E-state index in [4.69, 9.17) is 9.26 Å². The summed E-state index contributed by atoms with van der Waals surface area (Å²) in [6.45, 7) is 0. The van der Waals surface area contributed by atoms with Crippen LogP contribution in [0.3, 0.4) is 0 Å². The van der Waals surface area contributed by atoms with Crippen LogP contribution in [0.25, 0.3) is 11.5 Å². The van der Waals surface area contributed by atoms with Gasteiger partial charge in [0.1, 0.15) is 11.6 Å². The smallest absolute Gasteiger partial charge is 0.318 e. The molecule has 7 nitrogen and oxygen atoms in total. The van der Waals surface area contributed by atoms with Gasteiger partial charge in [-0.3, -0.25) is 4.79 Å². The molecule has 1 saturated carbocycles. The molecule has 1 atom stereocenters. The Morgan fingerprint density at radius 2 is 2.24 bits per heavy atom. The van der Waals surface area contributed by atoms with Crippen LogP contribution < -0.4 is 0 Å². The molecule has 0 bridgehead atoms. The van der Waals surface area contributed by atoms with Crippen molar-refractivity contribution < 1.29 is 14.1 Å². The van der Waals surface area contributed by atoms with Crippen molar-refractivity contribution in [2.24, 2.45) is 13.0 Å². The summed E-state index contributed by atoms with van der Waals surface area (Å²) in [5.74, 6) is 0.230. The SMILES string of the molecule is COC(=O)C(c1nc(-c2cncn2C)no1)C1CCCC1. The molecule has 2 aromatic heterocycles. The van der Waals surface area contributed by atoms with Crippen LogP contribution in [-0.4, -0.2) is 32.8 Å². The first-order chi connectivity index (χ1) is 10.2. The maximum absolute atomic E-state index is 12.1. The molecular weight excluding hydrogens is 272 g/mol. The molecule has 3 rings (SSSR count). The number of carbonyl (C=O) groups excluding carboxylic acids is 1. The molecule has 0 aromatic carbocycles. The predicted octanol–water partition coefficient (Wildman–Crippen LogP) is 1.92. The molecule has 0 saturated heterocycles. The Kier molecular flexibility index (Phi) is 3.72. The minimum atomic E-state index is -0.466. The fourth-order valence-electron chi connectivity index (χ4n) is 2.95. The zero-order valence-electron chi connectivity index (χ0n) is 12.2. The van der Waals surface area contributed by atoms with Crippen molar-refractivity contribution in [2.45, 2.75) is 31.6 Å². The zero-order valence-corrected chi connectivity index (χ0v) is 12.2. The molecule has 0 aliphatic heterocycles. The fraction of sp³-hybridized carbons (Fsp3) is 0.571. The van der Waals surface area contributed by atoms with Crippen molar-refractivity contribution in [3.63, 3.8) is 0 Å². The largest absolute Gasteiger partial charge is 0.468 e. The lowest BCUT2D eigenvalue weighted by Crippen LogP contribution is -2.21. The first-order valence-corrected chi connectivity index (χ1v) is 7.09. The monoisotopic (exact) mass is 290 g/mol. The molecule has 0 N–H and O–H groups in total. The molecule has 21 heavy (non-hydrogen) atoms. The van der Waals surface area contributed by atoms with E-state index >= 15 is 0 Å². The number of imidazole rings is 1. The van der Waals surface area contributed by atoms with E-state index in [1.807, 2.05) is 7.05 Å². The van der Waals surface area contributed by atoms with Gasteiger partial charge in [0.05, 0.1) is 19.6 Å². The van der Waals surface area contributed by atoms with Gasteiger partial charge in [-0.05, 0) is 18.8 Å². The van der Waals surface area contributed by atoms with Gasteiger partial charge in [-0.2, -0.15) is 4.98 Å². The highest BCUT2D eigenvalue weighted by Crippen LogP contribution is 2.37. The quantitative estimate of drug-likeness (QED) is 0.800. The van der Waals surface area contributed by atoms with Crippen molar-refractivity contribution in [1.82, 2.24) is 19.7 Å². The average Bonchev–Trinajstić information content (AvgIpc) is 3.20. The number of hydrogen-bond acceptors (Lipinski definition) is 6. The molecule has 7 heteroatoms. The molecule has 2 aromatic rings. The number of esters is 1. The van der Waals surface area contributed by atoms with Gasteiger partial charge in [0.15, 0.2) is 0 Å². The Bertz CT molecular complexity index is 628. The molecule has 0 spiro atoms. The number of rotatable bonds is 4. The Hall–Kier alpha value is -2.18. The van der Waals surface area contributed by atoms with Crippen molar-refractivity contribution in [3.05, 3.63) is 18.4 Å². The van der Waals surface area contributed by atoms with Gasteiger partial charge in [0.25, 0.3) is 0 Å². The second-order valence-electron chi connectivity index (χ2n) is 5.39. The summed E-state index contributed by atoms with van der Waals surface area (Å²) in [7, 11) is 3.25. The Balaban J connectivity index is 1.91. The first-order valence-electron chi connectivity index (χ1n) is 7.09. The summed E-state index contributed by atoms with van der Waals surface area (Å²) in [4.78, 5) is 20.5. The first kappa shape index (κ1) is 13.8. The molecule has 1 fully saturated rings. The Morgan fingerprint density at radius 1 is 1.48 bits per heavy atom. The van der Waals surface area contributed by atoms with Gasteiger partial charge < -0.3 is 13.8 Å². The third-order valence-electron chi connectivity index (χ3n) is 4.08. The van der Waals surface area contributed by atoms with Crippen LogP contribution in [-0.2, 0) is 16.6 Å². The number of nitrogens with zero attached hydrogens (tertiary/aromatic N) is 4. The normalized spacial score (nSPS) is 17.0. The van der Waals surface area contributed by atoms with E-state index in [0.717, 1.165) is 31.4 Å².